The van der Waals surface area contributed by atoms with E-state index < -0.39 is 49.5 Å². The summed E-state index contributed by atoms with van der Waals surface area (Å²) in [7, 11) is 0. The van der Waals surface area contributed by atoms with Gasteiger partial charge in [0.2, 0.25) is 5.91 Å². The number of hydrogen-bond acceptors (Lipinski definition) is 8. The van der Waals surface area contributed by atoms with E-state index in [9.17, 15) is 30.3 Å². The monoisotopic (exact) mass is 830 g/mol. The number of allylic oxidation sites excluding steroid dienone is 11. The maximum atomic E-state index is 13.0. The van der Waals surface area contributed by atoms with E-state index in [0.29, 0.717) is 6.42 Å². The fourth-order valence-corrected chi connectivity index (χ4v) is 6.98. The molecule has 1 heterocycles. The largest absolute Gasteiger partial charge is 0.394 e. The molecular formula is C50H87NO8. The van der Waals surface area contributed by atoms with Gasteiger partial charge in [0, 0.05) is 6.42 Å². The fourth-order valence-electron chi connectivity index (χ4n) is 6.98. The first-order valence-corrected chi connectivity index (χ1v) is 23.7. The van der Waals surface area contributed by atoms with E-state index in [-0.39, 0.29) is 12.5 Å². The Morgan fingerprint density at radius 3 is 1.63 bits per heavy atom. The molecule has 0 aliphatic carbocycles. The molecule has 1 amide bonds. The van der Waals surface area contributed by atoms with Gasteiger partial charge in [-0.2, -0.15) is 0 Å². The summed E-state index contributed by atoms with van der Waals surface area (Å²) in [5.41, 5.74) is 0. The number of carbonyl (C=O) groups excluding carboxylic acids is 1. The van der Waals surface area contributed by atoms with Crippen LogP contribution in [0.15, 0.2) is 72.9 Å². The number of rotatable bonds is 38. The number of carbonyl (C=O) groups is 1. The zero-order valence-electron chi connectivity index (χ0n) is 37.2. The molecule has 0 spiro atoms. The van der Waals surface area contributed by atoms with Crippen LogP contribution in [0, 0.1) is 0 Å². The topological polar surface area (TPSA) is 149 Å². The summed E-state index contributed by atoms with van der Waals surface area (Å²) in [5.74, 6) is -0.196. The molecule has 7 atom stereocenters. The molecule has 1 fully saturated rings. The van der Waals surface area contributed by atoms with E-state index in [1.54, 1.807) is 6.08 Å². The molecule has 7 unspecified atom stereocenters. The van der Waals surface area contributed by atoms with Crippen LogP contribution in [0.3, 0.4) is 0 Å². The number of hydrogen-bond donors (Lipinski definition) is 6. The molecule has 1 aliphatic rings. The average molecular weight is 830 g/mol. The first-order chi connectivity index (χ1) is 28.8. The third-order valence-electron chi connectivity index (χ3n) is 10.8. The first-order valence-electron chi connectivity index (χ1n) is 23.7. The Morgan fingerprint density at radius 1 is 0.593 bits per heavy atom. The fraction of sp³-hybridized carbons (Fsp3) is 0.740. The predicted octanol–water partition coefficient (Wildman–Crippen LogP) is 10.2. The second-order valence-corrected chi connectivity index (χ2v) is 16.2. The Bertz CT molecular complexity index is 1150. The number of aliphatic hydroxyl groups excluding tert-OH is 5. The quantitative estimate of drug-likeness (QED) is 0.0266. The van der Waals surface area contributed by atoms with Crippen molar-refractivity contribution in [2.24, 2.45) is 0 Å². The molecule has 0 radical (unpaired) electrons. The van der Waals surface area contributed by atoms with Gasteiger partial charge in [-0.3, -0.25) is 4.79 Å². The predicted molar refractivity (Wildman–Crippen MR) is 244 cm³/mol. The molecule has 59 heavy (non-hydrogen) atoms. The van der Waals surface area contributed by atoms with Gasteiger partial charge in [0.25, 0.3) is 0 Å². The minimum atomic E-state index is -1.57. The molecule has 9 heteroatoms. The van der Waals surface area contributed by atoms with E-state index in [1.165, 1.54) is 83.5 Å². The summed E-state index contributed by atoms with van der Waals surface area (Å²) in [6.07, 6.45) is 46.6. The lowest BCUT2D eigenvalue weighted by Gasteiger charge is -2.40. The van der Waals surface area contributed by atoms with Crippen molar-refractivity contribution in [2.75, 3.05) is 13.2 Å². The number of amides is 1. The highest BCUT2D eigenvalue weighted by Crippen LogP contribution is 2.22. The minimum Gasteiger partial charge on any atom is -0.394 e. The summed E-state index contributed by atoms with van der Waals surface area (Å²) >= 11 is 0. The smallest absolute Gasteiger partial charge is 0.220 e. The Morgan fingerprint density at radius 2 is 1.07 bits per heavy atom. The lowest BCUT2D eigenvalue weighted by Crippen LogP contribution is -2.60. The summed E-state index contributed by atoms with van der Waals surface area (Å²) in [4.78, 5) is 13.0. The third kappa shape index (κ3) is 30.3. The van der Waals surface area contributed by atoms with E-state index in [0.717, 1.165) is 77.0 Å². The Balaban J connectivity index is 2.32. The molecule has 6 N–H and O–H groups in total. The van der Waals surface area contributed by atoms with Gasteiger partial charge in [0.15, 0.2) is 6.29 Å². The number of aliphatic hydroxyl groups is 5. The number of ether oxygens (including phenoxy) is 2. The zero-order chi connectivity index (χ0) is 43.0. The molecule has 0 saturated carbocycles. The van der Waals surface area contributed by atoms with Gasteiger partial charge in [-0.25, -0.2) is 0 Å². The summed E-state index contributed by atoms with van der Waals surface area (Å²) in [5, 5.41) is 54.2. The zero-order valence-corrected chi connectivity index (χ0v) is 37.2. The molecule has 1 aliphatic heterocycles. The molecule has 0 aromatic carbocycles. The molecule has 1 rings (SSSR count). The van der Waals surface area contributed by atoms with Crippen molar-refractivity contribution in [1.29, 1.82) is 0 Å². The molecular weight excluding hydrogens is 743 g/mol. The maximum Gasteiger partial charge on any atom is 0.220 e. The van der Waals surface area contributed by atoms with Crippen LogP contribution < -0.4 is 5.32 Å². The molecule has 0 aromatic heterocycles. The highest BCUT2D eigenvalue weighted by atomic mass is 16.7. The highest BCUT2D eigenvalue weighted by molar-refractivity contribution is 5.76. The molecule has 9 nitrogen and oxygen atoms in total. The van der Waals surface area contributed by atoms with Gasteiger partial charge in [-0.15, -0.1) is 0 Å². The van der Waals surface area contributed by atoms with E-state index >= 15 is 0 Å². The van der Waals surface area contributed by atoms with Gasteiger partial charge in [0.05, 0.1) is 25.4 Å². The van der Waals surface area contributed by atoms with E-state index in [2.05, 4.69) is 79.9 Å². The van der Waals surface area contributed by atoms with Gasteiger partial charge in [-0.1, -0.05) is 177 Å². The molecule has 1 saturated heterocycles. The van der Waals surface area contributed by atoms with Crippen LogP contribution in [0.4, 0.5) is 0 Å². The normalized spacial score (nSPS) is 21.4. The van der Waals surface area contributed by atoms with Crippen LogP contribution in [0.2, 0.25) is 0 Å². The van der Waals surface area contributed by atoms with Crippen molar-refractivity contribution in [1.82, 2.24) is 5.32 Å². The molecule has 0 bridgehead atoms. The highest BCUT2D eigenvalue weighted by Gasteiger charge is 2.44. The second kappa shape index (κ2) is 39.7. The van der Waals surface area contributed by atoms with Crippen molar-refractivity contribution in [3.8, 4) is 0 Å². The lowest BCUT2D eigenvalue weighted by atomic mass is 9.99. The van der Waals surface area contributed by atoms with Crippen LogP contribution in [-0.4, -0.2) is 87.5 Å². The minimum absolute atomic E-state index is 0.196. The van der Waals surface area contributed by atoms with Gasteiger partial charge < -0.3 is 40.3 Å². The Labute approximate surface area is 359 Å². The first kappa shape index (κ1) is 54.6. The van der Waals surface area contributed by atoms with Gasteiger partial charge in [-0.05, 0) is 70.6 Å². The summed E-state index contributed by atoms with van der Waals surface area (Å²) in [6, 6.07) is -0.826. The van der Waals surface area contributed by atoms with Crippen LogP contribution in [-0.2, 0) is 14.3 Å². The SMILES string of the molecule is CC/C=C\C/C=C\C/C=C\C/C=C\CCCCCCCCCCCCC(=O)NC(COC1OC(CO)C(O)C(O)C1O)C(O)/C=C/CC/C=C/CCCCCCCCC. The van der Waals surface area contributed by atoms with Crippen LogP contribution in [0.5, 0.6) is 0 Å². The van der Waals surface area contributed by atoms with Crippen molar-refractivity contribution in [2.45, 2.75) is 224 Å². The second-order valence-electron chi connectivity index (χ2n) is 16.2. The van der Waals surface area contributed by atoms with E-state index in [4.69, 9.17) is 9.47 Å². The van der Waals surface area contributed by atoms with Crippen molar-refractivity contribution in [3.05, 3.63) is 72.9 Å². The van der Waals surface area contributed by atoms with E-state index in [1.807, 2.05) is 6.08 Å². The van der Waals surface area contributed by atoms with Crippen LogP contribution in [0.1, 0.15) is 181 Å². The van der Waals surface area contributed by atoms with Gasteiger partial charge in [0.1, 0.15) is 24.4 Å². The third-order valence-corrected chi connectivity index (χ3v) is 10.8. The number of nitrogens with one attached hydrogen (secondary N) is 1. The van der Waals surface area contributed by atoms with Gasteiger partial charge >= 0.3 is 0 Å². The molecule has 340 valence electrons. The van der Waals surface area contributed by atoms with Crippen molar-refractivity contribution in [3.63, 3.8) is 0 Å². The van der Waals surface area contributed by atoms with Crippen molar-refractivity contribution < 1.29 is 39.8 Å². The average Bonchev–Trinajstić information content (AvgIpc) is 3.23. The summed E-state index contributed by atoms with van der Waals surface area (Å²) < 4.78 is 11.2. The maximum absolute atomic E-state index is 13.0. The Kier molecular flexibility index (Phi) is 36.8. The van der Waals surface area contributed by atoms with Crippen molar-refractivity contribution >= 4 is 5.91 Å². The molecule has 0 aromatic rings. The lowest BCUT2D eigenvalue weighted by molar-refractivity contribution is -0.302. The standard InChI is InChI=1S/C50H87NO8/c1-3-5-7-9-11-13-15-17-18-19-20-21-22-23-24-25-26-28-30-32-34-36-38-40-46(54)51-43(42-58-50-49(57)48(56)47(55)45(41-52)59-50)44(53)39-37-35-33-31-29-27-16-14-12-10-8-6-4-2/h5,7,11,13,17-18,20-21,29,31,37,39,43-45,47-50,52-53,55-57H,3-4,6,8-10,12,14-16,19,22-28,30,32-36,38,40-42H2,1-2H3,(H,51,54)/b7-5-,13-11-,18-17-,21-20-,31-29+,39-37+. The Hall–Kier alpha value is -2.37. The van der Waals surface area contributed by atoms with Crippen LogP contribution in [0.25, 0.3) is 0 Å². The summed E-state index contributed by atoms with van der Waals surface area (Å²) in [6.45, 7) is 3.62. The number of unbranched alkanes of at least 4 members (excludes halogenated alkanes) is 18. The van der Waals surface area contributed by atoms with Crippen LogP contribution >= 0.6 is 0 Å².